The molecule has 2 fully saturated rings. The molecule has 9 heteroatoms. The highest BCUT2D eigenvalue weighted by atomic mass is 28.4. The quantitative estimate of drug-likeness (QED) is 0.256. The van der Waals surface area contributed by atoms with Crippen LogP contribution < -0.4 is 11.5 Å². The number of rotatable bonds is 9. The van der Waals surface area contributed by atoms with Crippen molar-refractivity contribution >= 4 is 14.8 Å². The van der Waals surface area contributed by atoms with Crippen molar-refractivity contribution in [2.24, 2.45) is 17.4 Å². The molecule has 2 rings (SSSR count). The SMILES string of the molecule is C=CC(=O)OCC.CO[Si](CCC1CCC2OC2C1)(OC)OC.NCCN. The topological polar surface area (TPSA) is 119 Å². The zero-order valence-corrected chi connectivity index (χ0v) is 18.3. The molecule has 8 nitrogen and oxygen atoms in total. The third-order valence-corrected chi connectivity index (χ3v) is 7.29. The fourth-order valence-electron chi connectivity index (χ4n) is 2.89. The first-order chi connectivity index (χ1) is 12.9. The summed E-state index contributed by atoms with van der Waals surface area (Å²) >= 11 is 0. The second-order valence-electron chi connectivity index (χ2n) is 6.26. The first kappa shape index (κ1) is 26.2. The van der Waals surface area contributed by atoms with E-state index in [9.17, 15) is 4.79 Å². The number of fused-ring (bicyclic) bond motifs is 1. The van der Waals surface area contributed by atoms with Crippen molar-refractivity contribution in [1.29, 1.82) is 0 Å². The molecule has 1 aliphatic carbocycles. The monoisotopic (exact) mass is 406 g/mol. The van der Waals surface area contributed by atoms with Crippen LogP contribution in [0, 0.1) is 5.92 Å². The number of nitrogens with two attached hydrogens (primary N) is 2. The van der Waals surface area contributed by atoms with Crippen molar-refractivity contribution < 1.29 is 27.5 Å². The number of hydrogen-bond acceptors (Lipinski definition) is 8. The molecule has 0 aromatic heterocycles. The lowest BCUT2D eigenvalue weighted by Gasteiger charge is -2.27. The summed E-state index contributed by atoms with van der Waals surface area (Å²) < 4.78 is 26.3. The molecule has 0 bridgehead atoms. The van der Waals surface area contributed by atoms with Crippen LogP contribution in [0.5, 0.6) is 0 Å². The van der Waals surface area contributed by atoms with Crippen LogP contribution in [0.1, 0.15) is 32.6 Å². The lowest BCUT2D eigenvalue weighted by molar-refractivity contribution is -0.137. The maximum Gasteiger partial charge on any atom is 0.500 e. The van der Waals surface area contributed by atoms with Crippen LogP contribution in [0.4, 0.5) is 0 Å². The highest BCUT2D eigenvalue weighted by Gasteiger charge is 2.45. The molecule has 0 aromatic carbocycles. The van der Waals surface area contributed by atoms with E-state index in [-0.39, 0.29) is 5.97 Å². The summed E-state index contributed by atoms with van der Waals surface area (Å²) in [6.45, 7) is 6.57. The Balaban J connectivity index is 0.000000514. The third-order valence-electron chi connectivity index (χ3n) is 4.52. The molecule has 2 aliphatic rings. The predicted molar refractivity (Wildman–Crippen MR) is 107 cm³/mol. The Labute approximate surface area is 164 Å². The van der Waals surface area contributed by atoms with Gasteiger partial charge in [-0.3, -0.25) is 0 Å². The molecule has 1 heterocycles. The van der Waals surface area contributed by atoms with Crippen molar-refractivity contribution in [1.82, 2.24) is 0 Å². The van der Waals surface area contributed by atoms with Gasteiger partial charge in [-0.05, 0) is 38.5 Å². The van der Waals surface area contributed by atoms with Gasteiger partial charge in [-0.1, -0.05) is 6.58 Å². The molecule has 1 saturated heterocycles. The summed E-state index contributed by atoms with van der Waals surface area (Å²) in [5, 5.41) is 0. The van der Waals surface area contributed by atoms with Crippen molar-refractivity contribution in [3.63, 3.8) is 0 Å². The Morgan fingerprint density at radius 2 is 1.74 bits per heavy atom. The molecule has 0 aromatic rings. The maximum absolute atomic E-state index is 10.1. The van der Waals surface area contributed by atoms with Gasteiger partial charge in [0.15, 0.2) is 0 Å². The van der Waals surface area contributed by atoms with Crippen LogP contribution in [0.25, 0.3) is 0 Å². The van der Waals surface area contributed by atoms with Crippen LogP contribution in [-0.4, -0.2) is 68.0 Å². The summed E-state index contributed by atoms with van der Waals surface area (Å²) in [7, 11) is 2.69. The molecule has 27 heavy (non-hydrogen) atoms. The van der Waals surface area contributed by atoms with Crippen molar-refractivity contribution in [2.45, 2.75) is 50.9 Å². The summed E-state index contributed by atoms with van der Waals surface area (Å²) in [5.74, 6) is 0.401. The minimum absolute atomic E-state index is 0.359. The van der Waals surface area contributed by atoms with Crippen LogP contribution in [-0.2, 0) is 27.5 Å². The predicted octanol–water partition coefficient (Wildman–Crippen LogP) is 1.46. The van der Waals surface area contributed by atoms with Gasteiger partial charge in [0.05, 0.1) is 18.8 Å². The van der Waals surface area contributed by atoms with Crippen molar-refractivity contribution in [3.8, 4) is 0 Å². The van der Waals surface area contributed by atoms with Crippen LogP contribution in [0.2, 0.25) is 6.04 Å². The van der Waals surface area contributed by atoms with Crippen LogP contribution >= 0.6 is 0 Å². The Hall–Kier alpha value is -0.813. The number of carbonyl (C=O) groups excluding carboxylic acids is 1. The lowest BCUT2D eigenvalue weighted by atomic mass is 9.88. The normalized spacial score (nSPS) is 23.0. The van der Waals surface area contributed by atoms with E-state index < -0.39 is 8.80 Å². The second-order valence-corrected chi connectivity index (χ2v) is 9.35. The Bertz CT molecular complexity index is 399. The van der Waals surface area contributed by atoms with E-state index in [2.05, 4.69) is 11.3 Å². The molecule has 3 unspecified atom stereocenters. The molecular weight excluding hydrogens is 368 g/mol. The van der Waals surface area contributed by atoms with Gasteiger partial charge in [-0.25, -0.2) is 4.79 Å². The molecule has 1 aliphatic heterocycles. The Kier molecular flexibility index (Phi) is 14.7. The first-order valence-electron chi connectivity index (χ1n) is 9.45. The summed E-state index contributed by atoms with van der Waals surface area (Å²) in [4.78, 5) is 10.1. The Morgan fingerprint density at radius 1 is 1.15 bits per heavy atom. The zero-order valence-electron chi connectivity index (χ0n) is 17.3. The van der Waals surface area contributed by atoms with E-state index in [1.807, 2.05) is 0 Å². The summed E-state index contributed by atoms with van der Waals surface area (Å²) in [5.41, 5.74) is 9.81. The van der Waals surface area contributed by atoms with Gasteiger partial charge < -0.3 is 34.2 Å². The highest BCUT2D eigenvalue weighted by Crippen LogP contribution is 2.41. The van der Waals surface area contributed by atoms with Gasteiger partial charge in [-0.2, -0.15) is 0 Å². The average molecular weight is 407 g/mol. The molecule has 0 amide bonds. The summed E-state index contributed by atoms with van der Waals surface area (Å²) in [6, 6.07) is 0.915. The molecule has 0 radical (unpaired) electrons. The zero-order chi connectivity index (χ0) is 20.7. The molecule has 0 spiro atoms. The Morgan fingerprint density at radius 3 is 2.11 bits per heavy atom. The number of ether oxygens (including phenoxy) is 2. The average Bonchev–Trinajstić information content (AvgIpc) is 3.49. The van der Waals surface area contributed by atoms with E-state index in [1.54, 1.807) is 28.3 Å². The van der Waals surface area contributed by atoms with Crippen LogP contribution in [0.15, 0.2) is 12.7 Å². The number of hydrogen-bond donors (Lipinski definition) is 2. The van der Waals surface area contributed by atoms with Gasteiger partial charge in [0, 0.05) is 46.5 Å². The molecule has 3 atom stereocenters. The standard InChI is InChI=1S/C11H22O4Si.C5H8O2.C2H8N2/c1-12-16(13-2,14-3)7-6-9-4-5-10-11(8-9)15-10;1-3-5(6)7-4-2;3-1-2-4/h9-11H,4-8H2,1-3H3;3H,1,4H2,2H3;1-4H2. The number of esters is 1. The second kappa shape index (κ2) is 15.1. The minimum Gasteiger partial charge on any atom is -0.463 e. The van der Waals surface area contributed by atoms with E-state index in [1.165, 1.54) is 19.3 Å². The first-order valence-corrected chi connectivity index (χ1v) is 11.4. The number of carbonyl (C=O) groups is 1. The van der Waals surface area contributed by atoms with Gasteiger partial charge in [0.1, 0.15) is 0 Å². The number of epoxide rings is 1. The summed E-state index contributed by atoms with van der Waals surface area (Å²) in [6.07, 6.45) is 7.15. The maximum atomic E-state index is 10.1. The van der Waals surface area contributed by atoms with Crippen LogP contribution in [0.3, 0.4) is 0 Å². The van der Waals surface area contributed by atoms with E-state index in [4.69, 9.17) is 29.5 Å². The van der Waals surface area contributed by atoms with Gasteiger partial charge in [0.25, 0.3) is 0 Å². The van der Waals surface area contributed by atoms with Crippen molar-refractivity contribution in [3.05, 3.63) is 12.7 Å². The fourth-order valence-corrected chi connectivity index (χ4v) is 4.76. The molecule has 160 valence electrons. The van der Waals surface area contributed by atoms with Gasteiger partial charge in [-0.15, -0.1) is 0 Å². The van der Waals surface area contributed by atoms with E-state index in [0.717, 1.165) is 24.5 Å². The molecule has 4 N–H and O–H groups in total. The minimum atomic E-state index is -2.35. The molecular formula is C18H38N2O6Si. The fraction of sp³-hybridized carbons (Fsp3) is 0.833. The van der Waals surface area contributed by atoms with E-state index in [0.29, 0.717) is 31.9 Å². The third kappa shape index (κ3) is 10.9. The highest BCUT2D eigenvalue weighted by molar-refractivity contribution is 6.60. The van der Waals surface area contributed by atoms with Crippen molar-refractivity contribution in [2.75, 3.05) is 41.0 Å². The van der Waals surface area contributed by atoms with Gasteiger partial charge >= 0.3 is 14.8 Å². The largest absolute Gasteiger partial charge is 0.500 e. The van der Waals surface area contributed by atoms with Gasteiger partial charge in [0.2, 0.25) is 0 Å². The lowest BCUT2D eigenvalue weighted by Crippen LogP contribution is -2.43. The van der Waals surface area contributed by atoms with E-state index >= 15 is 0 Å². The molecule has 1 saturated carbocycles. The smallest absolute Gasteiger partial charge is 0.463 e.